The molecule has 0 radical (unpaired) electrons. The van der Waals surface area contributed by atoms with Gasteiger partial charge in [-0.1, -0.05) is 18.2 Å². The Balaban J connectivity index is 1.70. The second-order valence-corrected chi connectivity index (χ2v) is 7.65. The number of Topliss-reactive ketones (excluding diaryl/α,β-unsaturated/α-hetero) is 1. The van der Waals surface area contributed by atoms with Gasteiger partial charge in [-0.25, -0.2) is 4.98 Å². The summed E-state index contributed by atoms with van der Waals surface area (Å²) in [5.74, 6) is 0.180. The van der Waals surface area contributed by atoms with E-state index >= 15 is 0 Å². The number of anilines is 3. The Bertz CT molecular complexity index is 1210. The minimum Gasteiger partial charge on any atom is -0.340 e. The molecular weight excluding hydrogens is 419 g/mol. The van der Waals surface area contributed by atoms with Crippen LogP contribution in [-0.4, -0.2) is 16.7 Å². The Morgan fingerprint density at radius 3 is 2.59 bits per heavy atom. The van der Waals surface area contributed by atoms with Crippen LogP contribution in [0.1, 0.15) is 30.0 Å². The van der Waals surface area contributed by atoms with Crippen molar-refractivity contribution in [1.82, 2.24) is 4.98 Å². The smallest absolute Gasteiger partial charge is 0.340 e. The normalized spacial score (nSPS) is 13.4. The number of benzene rings is 2. The molecular formula is C24H20F3N3O2. The number of halogens is 3. The number of hydrogen-bond acceptors (Lipinski definition) is 4. The van der Waals surface area contributed by atoms with Gasteiger partial charge in [0.25, 0.3) is 0 Å². The summed E-state index contributed by atoms with van der Waals surface area (Å²) in [5, 5.41) is 5.71. The molecule has 8 heteroatoms. The first-order valence-corrected chi connectivity index (χ1v) is 10.1. The van der Waals surface area contributed by atoms with E-state index in [9.17, 15) is 22.8 Å². The average Bonchev–Trinajstić information content (AvgIpc) is 2.73. The number of carbonyl (C=O) groups excluding carboxylic acids is 2. The Morgan fingerprint density at radius 2 is 1.84 bits per heavy atom. The summed E-state index contributed by atoms with van der Waals surface area (Å²) < 4.78 is 39.5. The number of aromatic nitrogens is 1. The minimum atomic E-state index is -4.53. The van der Waals surface area contributed by atoms with Crippen molar-refractivity contribution in [3.05, 3.63) is 71.4 Å². The second kappa shape index (κ2) is 8.45. The molecule has 0 bridgehead atoms. The monoisotopic (exact) mass is 439 g/mol. The molecule has 0 unspecified atom stereocenters. The largest absolute Gasteiger partial charge is 0.416 e. The van der Waals surface area contributed by atoms with Crippen molar-refractivity contribution in [3.8, 4) is 11.1 Å². The van der Waals surface area contributed by atoms with Crippen molar-refractivity contribution < 1.29 is 22.8 Å². The topological polar surface area (TPSA) is 71.1 Å². The van der Waals surface area contributed by atoms with Crippen LogP contribution >= 0.6 is 0 Å². The van der Waals surface area contributed by atoms with Crippen molar-refractivity contribution in [1.29, 1.82) is 0 Å². The molecule has 1 aliphatic rings. The van der Waals surface area contributed by atoms with E-state index in [1.54, 1.807) is 12.1 Å². The van der Waals surface area contributed by atoms with Crippen LogP contribution in [0.5, 0.6) is 0 Å². The highest BCUT2D eigenvalue weighted by molar-refractivity contribution is 5.94. The number of amides is 1. The van der Waals surface area contributed by atoms with Crippen LogP contribution in [0.2, 0.25) is 0 Å². The van der Waals surface area contributed by atoms with Crippen molar-refractivity contribution in [2.75, 3.05) is 10.6 Å². The zero-order valence-corrected chi connectivity index (χ0v) is 17.2. The number of ketones is 1. The zero-order chi connectivity index (χ0) is 22.9. The first kappa shape index (κ1) is 21.5. The number of nitrogens with zero attached hydrogens (tertiary/aromatic N) is 1. The molecule has 2 aromatic carbocycles. The Kier molecular flexibility index (Phi) is 5.69. The predicted molar refractivity (Wildman–Crippen MR) is 116 cm³/mol. The van der Waals surface area contributed by atoms with Crippen molar-refractivity contribution >= 4 is 28.9 Å². The first-order chi connectivity index (χ1) is 15.2. The molecule has 164 valence electrons. The number of nitrogens with one attached hydrogen (secondary N) is 2. The standard InChI is InChI=1S/C24H20F3N3O2/c1-14(31)29-22-12-17(24(25,26)27)6-8-19(22)16-9-10-28-23(11-16)30-21-4-2-3-15-5-7-18(32)13-20(15)21/h2-4,6,8-12H,5,7,13H2,1H3,(H,28,30)(H,29,31). The molecule has 1 aromatic heterocycles. The van der Waals surface area contributed by atoms with Crippen molar-refractivity contribution in [2.45, 2.75) is 32.4 Å². The number of hydrogen-bond donors (Lipinski definition) is 2. The van der Waals surface area contributed by atoms with E-state index in [1.807, 2.05) is 18.2 Å². The molecule has 1 amide bonds. The molecule has 2 N–H and O–H groups in total. The molecule has 5 nitrogen and oxygen atoms in total. The third-order valence-corrected chi connectivity index (χ3v) is 5.31. The fourth-order valence-electron chi connectivity index (χ4n) is 3.82. The fraction of sp³-hybridized carbons (Fsp3) is 0.208. The molecule has 0 saturated carbocycles. The third-order valence-electron chi connectivity index (χ3n) is 5.31. The molecule has 4 rings (SSSR count). The van der Waals surface area contributed by atoms with Gasteiger partial charge in [0, 0.05) is 42.9 Å². The molecule has 0 fully saturated rings. The van der Waals surface area contributed by atoms with Crippen molar-refractivity contribution in [3.63, 3.8) is 0 Å². The summed E-state index contributed by atoms with van der Waals surface area (Å²) in [6, 6.07) is 12.4. The van der Waals surface area contributed by atoms with Gasteiger partial charge in [-0.15, -0.1) is 0 Å². The molecule has 0 saturated heterocycles. The number of pyridine rings is 1. The number of alkyl halides is 3. The second-order valence-electron chi connectivity index (χ2n) is 7.65. The Labute approximate surface area is 182 Å². The molecule has 32 heavy (non-hydrogen) atoms. The van der Waals surface area contributed by atoms with Gasteiger partial charge >= 0.3 is 6.18 Å². The molecule has 0 atom stereocenters. The van der Waals surface area contributed by atoms with Crippen LogP contribution in [0.15, 0.2) is 54.7 Å². The van der Waals surface area contributed by atoms with Gasteiger partial charge in [-0.3, -0.25) is 9.59 Å². The molecule has 3 aromatic rings. The summed E-state index contributed by atoms with van der Waals surface area (Å²) >= 11 is 0. The highest BCUT2D eigenvalue weighted by atomic mass is 19.4. The average molecular weight is 439 g/mol. The van der Waals surface area contributed by atoms with Gasteiger partial charge in [-0.2, -0.15) is 13.2 Å². The maximum Gasteiger partial charge on any atom is 0.416 e. The third kappa shape index (κ3) is 4.64. The number of fused-ring (bicyclic) bond motifs is 1. The highest BCUT2D eigenvalue weighted by Crippen LogP contribution is 2.37. The van der Waals surface area contributed by atoms with E-state index in [2.05, 4.69) is 15.6 Å². The number of aryl methyl sites for hydroxylation is 1. The SMILES string of the molecule is CC(=O)Nc1cc(C(F)(F)F)ccc1-c1ccnc(Nc2cccc3c2CC(=O)CC3)c1. The van der Waals surface area contributed by atoms with Crippen LogP contribution < -0.4 is 10.6 Å². The summed E-state index contributed by atoms with van der Waals surface area (Å²) in [7, 11) is 0. The minimum absolute atomic E-state index is 0.0622. The van der Waals surface area contributed by atoms with Crippen LogP contribution in [-0.2, 0) is 28.6 Å². The molecule has 0 aliphatic heterocycles. The predicted octanol–water partition coefficient (Wildman–Crippen LogP) is 5.53. The van der Waals surface area contributed by atoms with Gasteiger partial charge in [0.05, 0.1) is 5.56 Å². The quantitative estimate of drug-likeness (QED) is 0.561. The summed E-state index contributed by atoms with van der Waals surface area (Å²) in [5.41, 5.74) is 3.05. The molecule has 1 heterocycles. The zero-order valence-electron chi connectivity index (χ0n) is 17.2. The van der Waals surface area contributed by atoms with Crippen LogP contribution in [0.4, 0.5) is 30.4 Å². The van der Waals surface area contributed by atoms with E-state index in [-0.39, 0.29) is 11.5 Å². The summed E-state index contributed by atoms with van der Waals surface area (Å²) in [4.78, 5) is 27.8. The van der Waals surface area contributed by atoms with E-state index in [0.717, 1.165) is 28.9 Å². The highest BCUT2D eigenvalue weighted by Gasteiger charge is 2.31. The summed E-state index contributed by atoms with van der Waals surface area (Å²) in [6.07, 6.45) is -1.41. The summed E-state index contributed by atoms with van der Waals surface area (Å²) in [6.45, 7) is 1.24. The van der Waals surface area contributed by atoms with Gasteiger partial charge in [0.1, 0.15) is 11.6 Å². The fourth-order valence-corrected chi connectivity index (χ4v) is 3.82. The van der Waals surface area contributed by atoms with Crippen LogP contribution in [0.3, 0.4) is 0 Å². The van der Waals surface area contributed by atoms with E-state index in [4.69, 9.17) is 0 Å². The maximum atomic E-state index is 13.2. The molecule has 0 spiro atoms. The van der Waals surface area contributed by atoms with Crippen molar-refractivity contribution in [2.24, 2.45) is 0 Å². The first-order valence-electron chi connectivity index (χ1n) is 10.1. The Morgan fingerprint density at radius 1 is 1.03 bits per heavy atom. The van der Waals surface area contributed by atoms with Gasteiger partial charge in [0.15, 0.2) is 0 Å². The van der Waals surface area contributed by atoms with Gasteiger partial charge in [-0.05, 0) is 53.4 Å². The van der Waals surface area contributed by atoms with E-state index in [0.29, 0.717) is 36.2 Å². The van der Waals surface area contributed by atoms with Crippen LogP contribution in [0, 0.1) is 0 Å². The van der Waals surface area contributed by atoms with Gasteiger partial charge in [0.2, 0.25) is 5.91 Å². The lowest BCUT2D eigenvalue weighted by molar-refractivity contribution is -0.137. The number of carbonyl (C=O) groups is 2. The Hall–Kier alpha value is -3.68. The van der Waals surface area contributed by atoms with E-state index < -0.39 is 17.6 Å². The van der Waals surface area contributed by atoms with Crippen LogP contribution in [0.25, 0.3) is 11.1 Å². The van der Waals surface area contributed by atoms with Gasteiger partial charge < -0.3 is 10.6 Å². The molecule has 1 aliphatic carbocycles. The number of rotatable bonds is 4. The lowest BCUT2D eigenvalue weighted by atomic mass is 9.89. The lowest BCUT2D eigenvalue weighted by Gasteiger charge is -2.19. The lowest BCUT2D eigenvalue weighted by Crippen LogP contribution is -2.15. The van der Waals surface area contributed by atoms with E-state index in [1.165, 1.54) is 19.2 Å². The maximum absolute atomic E-state index is 13.2.